The molecule has 0 spiro atoms. The van der Waals surface area contributed by atoms with Crippen molar-refractivity contribution in [1.82, 2.24) is 15.0 Å². The zero-order valence-corrected chi connectivity index (χ0v) is 11.8. The van der Waals surface area contributed by atoms with E-state index in [-0.39, 0.29) is 18.7 Å². The molecule has 0 bridgehead atoms. The van der Waals surface area contributed by atoms with E-state index in [1.54, 1.807) is 0 Å². The molecule has 0 saturated heterocycles. The summed E-state index contributed by atoms with van der Waals surface area (Å²) in [6.07, 6.45) is 1.76. The van der Waals surface area contributed by atoms with Gasteiger partial charge >= 0.3 is 6.01 Å². The normalized spacial score (nSPS) is 12.0. The van der Waals surface area contributed by atoms with Crippen LogP contribution in [0.1, 0.15) is 33.6 Å². The number of anilines is 2. The number of aromatic nitrogens is 3. The minimum atomic E-state index is -0.0732. The molecule has 1 aromatic rings. The molecule has 0 aromatic carbocycles. The fourth-order valence-electron chi connectivity index (χ4n) is 1.39. The number of nitrogens with one attached hydrogen (secondary N) is 2. The zero-order valence-electron chi connectivity index (χ0n) is 11.8. The van der Waals surface area contributed by atoms with Gasteiger partial charge in [-0.15, -0.1) is 0 Å². The molecular weight excluding hydrogens is 246 g/mol. The van der Waals surface area contributed by atoms with Crippen LogP contribution < -0.4 is 15.4 Å². The van der Waals surface area contributed by atoms with Crippen LogP contribution >= 0.6 is 0 Å². The van der Waals surface area contributed by atoms with E-state index in [1.807, 2.05) is 13.8 Å². The average Bonchev–Trinajstić information content (AvgIpc) is 2.42. The number of rotatable bonds is 9. The Labute approximate surface area is 113 Å². The second-order valence-corrected chi connectivity index (χ2v) is 4.06. The van der Waals surface area contributed by atoms with Crippen LogP contribution in [0.15, 0.2) is 0 Å². The van der Waals surface area contributed by atoms with Crippen LogP contribution in [0.3, 0.4) is 0 Å². The van der Waals surface area contributed by atoms with Gasteiger partial charge in [0.15, 0.2) is 0 Å². The van der Waals surface area contributed by atoms with Gasteiger partial charge in [0.25, 0.3) is 0 Å². The van der Waals surface area contributed by atoms with Gasteiger partial charge in [-0.3, -0.25) is 0 Å². The lowest BCUT2D eigenvalue weighted by Crippen LogP contribution is -2.24. The third-order valence-electron chi connectivity index (χ3n) is 2.47. The summed E-state index contributed by atoms with van der Waals surface area (Å²) in [5, 5.41) is 15.4. The third kappa shape index (κ3) is 5.25. The van der Waals surface area contributed by atoms with Gasteiger partial charge in [-0.25, -0.2) is 0 Å². The molecule has 0 amide bonds. The summed E-state index contributed by atoms with van der Waals surface area (Å²) in [7, 11) is 0. The van der Waals surface area contributed by atoms with Crippen molar-refractivity contribution in [3.63, 3.8) is 0 Å². The molecular formula is C12H23N5O2. The maximum Gasteiger partial charge on any atom is 0.323 e. The monoisotopic (exact) mass is 269 g/mol. The number of nitrogens with zero attached hydrogens (tertiary/aromatic N) is 3. The summed E-state index contributed by atoms with van der Waals surface area (Å²) in [5.41, 5.74) is 0. The van der Waals surface area contributed by atoms with E-state index in [1.165, 1.54) is 0 Å². The first-order valence-corrected chi connectivity index (χ1v) is 6.73. The molecule has 0 saturated carbocycles. The summed E-state index contributed by atoms with van der Waals surface area (Å²) < 4.78 is 5.31. The Hall–Kier alpha value is -1.63. The molecule has 7 heteroatoms. The first-order valence-electron chi connectivity index (χ1n) is 6.73. The highest BCUT2D eigenvalue weighted by Gasteiger charge is 2.10. The van der Waals surface area contributed by atoms with Crippen molar-refractivity contribution in [2.24, 2.45) is 0 Å². The molecule has 0 aliphatic heterocycles. The smallest absolute Gasteiger partial charge is 0.323 e. The fraction of sp³-hybridized carbons (Fsp3) is 0.750. The first-order chi connectivity index (χ1) is 9.23. The van der Waals surface area contributed by atoms with Crippen molar-refractivity contribution in [2.45, 2.75) is 39.7 Å². The predicted octanol–water partition coefficient (Wildman–Crippen LogP) is 1.27. The predicted molar refractivity (Wildman–Crippen MR) is 74.6 cm³/mol. The number of hydrogen-bond acceptors (Lipinski definition) is 7. The molecule has 0 radical (unpaired) electrons. The maximum atomic E-state index is 9.19. The maximum absolute atomic E-state index is 9.19. The van der Waals surface area contributed by atoms with E-state index in [0.717, 1.165) is 19.4 Å². The van der Waals surface area contributed by atoms with Crippen LogP contribution in [-0.2, 0) is 0 Å². The van der Waals surface area contributed by atoms with Gasteiger partial charge in [-0.1, -0.05) is 13.8 Å². The molecule has 1 heterocycles. The van der Waals surface area contributed by atoms with Gasteiger partial charge in [0.1, 0.15) is 0 Å². The van der Waals surface area contributed by atoms with Crippen LogP contribution in [0.4, 0.5) is 11.9 Å². The largest absolute Gasteiger partial charge is 0.464 e. The Morgan fingerprint density at radius 2 is 1.89 bits per heavy atom. The lowest BCUT2D eigenvalue weighted by molar-refractivity contribution is 0.271. The van der Waals surface area contributed by atoms with Gasteiger partial charge in [-0.05, 0) is 19.8 Å². The van der Waals surface area contributed by atoms with Crippen molar-refractivity contribution in [1.29, 1.82) is 0 Å². The van der Waals surface area contributed by atoms with E-state index in [4.69, 9.17) is 4.74 Å². The molecule has 0 aliphatic rings. The van der Waals surface area contributed by atoms with Crippen LogP contribution in [0.2, 0.25) is 0 Å². The van der Waals surface area contributed by atoms with Crippen LogP contribution in [-0.4, -0.2) is 45.9 Å². The molecule has 7 nitrogen and oxygen atoms in total. The Bertz CT molecular complexity index is 371. The third-order valence-corrected chi connectivity index (χ3v) is 2.47. The minimum Gasteiger partial charge on any atom is -0.464 e. The standard InChI is InChI=1S/C12H23N5O2/c1-4-7-13-10-15-11(14-9(5-2)8-18)17-12(16-10)19-6-3/h9,18H,4-8H2,1-3H3,(H2,13,14,15,16,17). The zero-order chi connectivity index (χ0) is 14.1. The lowest BCUT2D eigenvalue weighted by Gasteiger charge is -2.15. The average molecular weight is 269 g/mol. The van der Waals surface area contributed by atoms with Gasteiger partial charge in [0.2, 0.25) is 11.9 Å². The number of aliphatic hydroxyl groups excluding tert-OH is 1. The first kappa shape index (κ1) is 15.4. The van der Waals surface area contributed by atoms with Crippen molar-refractivity contribution in [3.8, 4) is 6.01 Å². The highest BCUT2D eigenvalue weighted by molar-refractivity contribution is 5.36. The molecule has 3 N–H and O–H groups in total. The van der Waals surface area contributed by atoms with Gasteiger partial charge in [-0.2, -0.15) is 15.0 Å². The van der Waals surface area contributed by atoms with Gasteiger partial charge in [0.05, 0.1) is 19.3 Å². The van der Waals surface area contributed by atoms with Gasteiger partial charge in [0, 0.05) is 6.54 Å². The molecule has 19 heavy (non-hydrogen) atoms. The summed E-state index contributed by atoms with van der Waals surface area (Å²) in [4.78, 5) is 12.6. The van der Waals surface area contributed by atoms with E-state index in [2.05, 4.69) is 32.5 Å². The van der Waals surface area contributed by atoms with Crippen molar-refractivity contribution in [2.75, 3.05) is 30.4 Å². The van der Waals surface area contributed by atoms with Crippen molar-refractivity contribution in [3.05, 3.63) is 0 Å². The quantitative estimate of drug-likeness (QED) is 0.621. The van der Waals surface area contributed by atoms with E-state index in [9.17, 15) is 5.11 Å². The summed E-state index contributed by atoms with van der Waals surface area (Å²) in [6.45, 7) is 7.23. The molecule has 1 rings (SSSR count). The number of ether oxygens (including phenoxy) is 1. The minimum absolute atomic E-state index is 0.0316. The summed E-state index contributed by atoms with van der Waals surface area (Å²) in [5.74, 6) is 0.897. The van der Waals surface area contributed by atoms with Gasteiger partial charge < -0.3 is 20.5 Å². The Morgan fingerprint density at radius 1 is 1.16 bits per heavy atom. The molecule has 1 unspecified atom stereocenters. The molecule has 0 fully saturated rings. The fourth-order valence-corrected chi connectivity index (χ4v) is 1.39. The Morgan fingerprint density at radius 3 is 2.47 bits per heavy atom. The lowest BCUT2D eigenvalue weighted by atomic mass is 10.2. The summed E-state index contributed by atoms with van der Waals surface area (Å²) in [6, 6.07) is 0.210. The van der Waals surface area contributed by atoms with Crippen molar-refractivity contribution < 1.29 is 9.84 Å². The highest BCUT2D eigenvalue weighted by Crippen LogP contribution is 2.12. The second kappa shape index (κ2) is 8.47. The molecule has 1 atom stereocenters. The number of aliphatic hydroxyl groups is 1. The molecule has 1 aromatic heterocycles. The van der Waals surface area contributed by atoms with E-state index >= 15 is 0 Å². The van der Waals surface area contributed by atoms with Crippen LogP contribution in [0.5, 0.6) is 6.01 Å². The van der Waals surface area contributed by atoms with E-state index in [0.29, 0.717) is 18.5 Å². The highest BCUT2D eigenvalue weighted by atomic mass is 16.5. The summed E-state index contributed by atoms with van der Waals surface area (Å²) >= 11 is 0. The SMILES string of the molecule is CCCNc1nc(NC(CC)CO)nc(OCC)n1. The molecule has 108 valence electrons. The van der Waals surface area contributed by atoms with E-state index < -0.39 is 0 Å². The Kier molecular flexibility index (Phi) is 6.88. The number of hydrogen-bond donors (Lipinski definition) is 3. The second-order valence-electron chi connectivity index (χ2n) is 4.06. The molecule has 0 aliphatic carbocycles. The van der Waals surface area contributed by atoms with Crippen molar-refractivity contribution >= 4 is 11.9 Å². The van der Waals surface area contributed by atoms with Crippen LogP contribution in [0, 0.1) is 0 Å². The van der Waals surface area contributed by atoms with Crippen LogP contribution in [0.25, 0.3) is 0 Å². The Balaban J connectivity index is 2.85. The topological polar surface area (TPSA) is 92.2 Å².